The highest BCUT2D eigenvalue weighted by molar-refractivity contribution is 8.00. The predicted octanol–water partition coefficient (Wildman–Crippen LogP) is 3.40. The average molecular weight is 418 g/mol. The molecule has 0 bridgehead atoms. The van der Waals surface area contributed by atoms with Crippen LogP contribution in [-0.4, -0.2) is 31.8 Å². The number of benzene rings is 2. The summed E-state index contributed by atoms with van der Waals surface area (Å²) in [6.07, 6.45) is 0. The zero-order valence-electron chi connectivity index (χ0n) is 15.0. The van der Waals surface area contributed by atoms with E-state index >= 15 is 0 Å². The standard InChI is InChI=1S/C19H16ClN3O4S/c1-10(16(24)21-11-7-8-14(20)13(9-11)18(26)27)28-19-22-15-6-4-3-5-12(15)17(25)23(19)2/h3-10H,1-2H3,(H,21,24)(H,26,27). The highest BCUT2D eigenvalue weighted by atomic mass is 35.5. The number of aromatic nitrogens is 2. The number of thioether (sulfide) groups is 1. The summed E-state index contributed by atoms with van der Waals surface area (Å²) in [6, 6.07) is 11.2. The van der Waals surface area contributed by atoms with Gasteiger partial charge in [0, 0.05) is 12.7 Å². The fourth-order valence-corrected chi connectivity index (χ4v) is 3.60. The van der Waals surface area contributed by atoms with Gasteiger partial charge in [0.1, 0.15) is 0 Å². The maximum Gasteiger partial charge on any atom is 0.337 e. The van der Waals surface area contributed by atoms with E-state index in [2.05, 4.69) is 10.3 Å². The van der Waals surface area contributed by atoms with Crippen molar-refractivity contribution in [3.05, 3.63) is 63.4 Å². The molecule has 28 heavy (non-hydrogen) atoms. The van der Waals surface area contributed by atoms with Gasteiger partial charge in [0.25, 0.3) is 5.56 Å². The van der Waals surface area contributed by atoms with Crippen molar-refractivity contribution < 1.29 is 14.7 Å². The van der Waals surface area contributed by atoms with Crippen molar-refractivity contribution in [2.75, 3.05) is 5.32 Å². The molecule has 1 unspecified atom stereocenters. The van der Waals surface area contributed by atoms with Gasteiger partial charge < -0.3 is 10.4 Å². The Balaban J connectivity index is 1.81. The Labute approximate surface area is 169 Å². The summed E-state index contributed by atoms with van der Waals surface area (Å²) in [4.78, 5) is 40.6. The number of fused-ring (bicyclic) bond motifs is 1. The fraction of sp³-hybridized carbons (Fsp3) is 0.158. The van der Waals surface area contributed by atoms with Gasteiger partial charge in [-0.1, -0.05) is 35.5 Å². The summed E-state index contributed by atoms with van der Waals surface area (Å²) in [5, 5.41) is 12.2. The number of carbonyl (C=O) groups excluding carboxylic acids is 1. The first-order valence-electron chi connectivity index (χ1n) is 8.24. The molecular formula is C19H16ClN3O4S. The third kappa shape index (κ3) is 4.02. The van der Waals surface area contributed by atoms with Crippen molar-refractivity contribution in [3.8, 4) is 0 Å². The molecule has 1 aromatic heterocycles. The Kier molecular flexibility index (Phi) is 5.71. The second-order valence-corrected chi connectivity index (χ2v) is 7.74. The van der Waals surface area contributed by atoms with E-state index in [1.807, 2.05) is 0 Å². The van der Waals surface area contributed by atoms with Gasteiger partial charge in [0.15, 0.2) is 5.16 Å². The molecule has 9 heteroatoms. The minimum atomic E-state index is -1.18. The summed E-state index contributed by atoms with van der Waals surface area (Å²) < 4.78 is 1.40. The second kappa shape index (κ2) is 8.04. The van der Waals surface area contributed by atoms with Crippen LogP contribution in [0, 0.1) is 0 Å². The molecule has 3 rings (SSSR count). The molecule has 2 N–H and O–H groups in total. The number of amides is 1. The van der Waals surface area contributed by atoms with Gasteiger partial charge in [0.2, 0.25) is 5.91 Å². The Morgan fingerprint density at radius 2 is 1.96 bits per heavy atom. The average Bonchev–Trinajstić information content (AvgIpc) is 2.67. The van der Waals surface area contributed by atoms with E-state index in [1.54, 1.807) is 38.2 Å². The molecule has 2 aromatic carbocycles. The van der Waals surface area contributed by atoms with Crippen LogP contribution in [0.15, 0.2) is 52.4 Å². The highest BCUT2D eigenvalue weighted by Crippen LogP contribution is 2.24. The minimum absolute atomic E-state index is 0.0864. The highest BCUT2D eigenvalue weighted by Gasteiger charge is 2.19. The monoisotopic (exact) mass is 417 g/mol. The van der Waals surface area contributed by atoms with E-state index in [0.29, 0.717) is 21.7 Å². The third-order valence-corrected chi connectivity index (χ3v) is 5.53. The zero-order valence-corrected chi connectivity index (χ0v) is 16.5. The van der Waals surface area contributed by atoms with Gasteiger partial charge in [0.05, 0.1) is 26.7 Å². The maximum absolute atomic E-state index is 12.5. The van der Waals surface area contributed by atoms with Crippen molar-refractivity contribution in [1.82, 2.24) is 9.55 Å². The number of rotatable bonds is 5. The molecule has 0 spiro atoms. The molecule has 144 valence electrons. The Bertz CT molecular complexity index is 1150. The summed E-state index contributed by atoms with van der Waals surface area (Å²) in [5.41, 5.74) is 0.590. The SMILES string of the molecule is CC(Sc1nc2ccccc2c(=O)n1C)C(=O)Nc1ccc(Cl)c(C(=O)O)c1. The lowest BCUT2D eigenvalue weighted by Crippen LogP contribution is -2.25. The minimum Gasteiger partial charge on any atom is -0.478 e. The topological polar surface area (TPSA) is 101 Å². The van der Waals surface area contributed by atoms with Crippen LogP contribution in [0.25, 0.3) is 10.9 Å². The van der Waals surface area contributed by atoms with Gasteiger partial charge in [-0.2, -0.15) is 0 Å². The molecule has 1 amide bonds. The number of hydrogen-bond donors (Lipinski definition) is 2. The first kappa shape index (κ1) is 19.9. The summed E-state index contributed by atoms with van der Waals surface area (Å²) in [6.45, 7) is 1.68. The number of anilines is 1. The first-order valence-corrected chi connectivity index (χ1v) is 9.50. The Morgan fingerprint density at radius 1 is 1.25 bits per heavy atom. The van der Waals surface area contributed by atoms with E-state index in [9.17, 15) is 14.4 Å². The van der Waals surface area contributed by atoms with E-state index in [0.717, 1.165) is 11.8 Å². The third-order valence-electron chi connectivity index (χ3n) is 4.06. The fourth-order valence-electron chi connectivity index (χ4n) is 2.53. The number of carboxylic acids is 1. The smallest absolute Gasteiger partial charge is 0.337 e. The van der Waals surface area contributed by atoms with Crippen LogP contribution in [0.1, 0.15) is 17.3 Å². The summed E-state index contributed by atoms with van der Waals surface area (Å²) in [7, 11) is 1.60. The van der Waals surface area contributed by atoms with Crippen LogP contribution in [0.2, 0.25) is 5.02 Å². The molecule has 0 radical (unpaired) electrons. The number of nitrogens with zero attached hydrogens (tertiary/aromatic N) is 2. The lowest BCUT2D eigenvalue weighted by molar-refractivity contribution is -0.115. The molecule has 1 heterocycles. The number of nitrogens with one attached hydrogen (secondary N) is 1. The molecule has 0 aliphatic rings. The van der Waals surface area contributed by atoms with Crippen molar-refractivity contribution in [2.24, 2.45) is 7.05 Å². The van der Waals surface area contributed by atoms with Crippen molar-refractivity contribution in [1.29, 1.82) is 0 Å². The van der Waals surface area contributed by atoms with E-state index in [1.165, 1.54) is 22.8 Å². The van der Waals surface area contributed by atoms with Crippen molar-refractivity contribution >= 4 is 51.8 Å². The van der Waals surface area contributed by atoms with Crippen LogP contribution in [-0.2, 0) is 11.8 Å². The lowest BCUT2D eigenvalue weighted by atomic mass is 10.2. The van der Waals surface area contributed by atoms with E-state index in [4.69, 9.17) is 16.7 Å². The Morgan fingerprint density at radius 3 is 2.68 bits per heavy atom. The molecule has 1 atom stereocenters. The molecule has 7 nitrogen and oxygen atoms in total. The normalized spacial score (nSPS) is 12.0. The maximum atomic E-state index is 12.5. The lowest BCUT2D eigenvalue weighted by Gasteiger charge is -2.14. The molecule has 0 aliphatic carbocycles. The number of halogens is 1. The summed E-state index contributed by atoms with van der Waals surface area (Å²) >= 11 is 6.98. The van der Waals surface area contributed by atoms with Gasteiger partial charge in [-0.25, -0.2) is 9.78 Å². The number of aromatic carboxylic acids is 1. The molecular weight excluding hydrogens is 402 g/mol. The van der Waals surface area contributed by atoms with Gasteiger partial charge >= 0.3 is 5.97 Å². The van der Waals surface area contributed by atoms with E-state index in [-0.39, 0.29) is 22.1 Å². The second-order valence-electron chi connectivity index (χ2n) is 6.02. The van der Waals surface area contributed by atoms with Gasteiger partial charge in [-0.15, -0.1) is 0 Å². The van der Waals surface area contributed by atoms with Crippen LogP contribution in [0.4, 0.5) is 5.69 Å². The van der Waals surface area contributed by atoms with Crippen molar-refractivity contribution in [2.45, 2.75) is 17.3 Å². The molecule has 0 saturated heterocycles. The van der Waals surface area contributed by atoms with Gasteiger partial charge in [-0.3, -0.25) is 14.2 Å². The van der Waals surface area contributed by atoms with E-state index < -0.39 is 11.2 Å². The molecule has 0 aliphatic heterocycles. The molecule has 0 saturated carbocycles. The quantitative estimate of drug-likeness (QED) is 0.487. The number of hydrogen-bond acceptors (Lipinski definition) is 5. The van der Waals surface area contributed by atoms with Crippen LogP contribution >= 0.6 is 23.4 Å². The van der Waals surface area contributed by atoms with Crippen molar-refractivity contribution in [3.63, 3.8) is 0 Å². The largest absolute Gasteiger partial charge is 0.478 e. The first-order chi connectivity index (χ1) is 13.3. The number of carbonyl (C=O) groups is 2. The predicted molar refractivity (Wildman–Crippen MR) is 109 cm³/mol. The van der Waals surface area contributed by atoms with Crippen LogP contribution < -0.4 is 10.9 Å². The molecule has 3 aromatic rings. The number of para-hydroxylation sites is 1. The zero-order chi connectivity index (χ0) is 20.4. The van der Waals surface area contributed by atoms with Crippen LogP contribution in [0.3, 0.4) is 0 Å². The van der Waals surface area contributed by atoms with Crippen LogP contribution in [0.5, 0.6) is 0 Å². The number of carboxylic acid groups (broad SMARTS) is 1. The molecule has 0 fully saturated rings. The Hall–Kier alpha value is -2.84. The van der Waals surface area contributed by atoms with Gasteiger partial charge in [-0.05, 0) is 37.3 Å². The summed E-state index contributed by atoms with van der Waals surface area (Å²) in [5.74, 6) is -1.54.